The molecule has 0 bridgehead atoms. The van der Waals surface area contributed by atoms with E-state index in [9.17, 15) is 0 Å². The Bertz CT molecular complexity index is 454. The second-order valence-corrected chi connectivity index (χ2v) is 4.98. The maximum absolute atomic E-state index is 6.10. The van der Waals surface area contributed by atoms with Crippen LogP contribution in [0, 0.1) is 0 Å². The quantitative estimate of drug-likeness (QED) is 0.862. The lowest BCUT2D eigenvalue weighted by Crippen LogP contribution is -2.10. The summed E-state index contributed by atoms with van der Waals surface area (Å²) in [6.45, 7) is 0. The van der Waals surface area contributed by atoms with E-state index in [1.807, 2.05) is 23.6 Å². The fraction of sp³-hybridized carbons (Fsp3) is 0.0909. The standard InChI is InChI=1S/C11H9Cl2NS/c12-7-3-4-9(13)8(6-7)11(14)10-2-1-5-15-10/h1-6,11H,14H2/t11-/m0/s1. The number of rotatable bonds is 2. The van der Waals surface area contributed by atoms with Crippen LogP contribution in [0.4, 0.5) is 0 Å². The molecule has 0 aliphatic heterocycles. The molecule has 0 saturated carbocycles. The molecule has 2 rings (SSSR count). The maximum Gasteiger partial charge on any atom is 0.0661 e. The van der Waals surface area contributed by atoms with Crippen LogP contribution in [0.3, 0.4) is 0 Å². The van der Waals surface area contributed by atoms with Gasteiger partial charge in [0.25, 0.3) is 0 Å². The van der Waals surface area contributed by atoms with E-state index in [4.69, 9.17) is 28.9 Å². The first-order valence-electron chi connectivity index (χ1n) is 4.42. The van der Waals surface area contributed by atoms with E-state index in [-0.39, 0.29) is 6.04 Å². The zero-order chi connectivity index (χ0) is 10.8. The molecule has 2 aromatic rings. The Hall–Kier alpha value is -0.540. The third-order valence-electron chi connectivity index (χ3n) is 2.14. The van der Waals surface area contributed by atoms with E-state index < -0.39 is 0 Å². The molecule has 1 nitrogen and oxygen atoms in total. The predicted octanol–water partition coefficient (Wildman–Crippen LogP) is 4.10. The van der Waals surface area contributed by atoms with Crippen LogP contribution in [-0.4, -0.2) is 0 Å². The molecule has 78 valence electrons. The van der Waals surface area contributed by atoms with Crippen molar-refractivity contribution >= 4 is 34.5 Å². The third-order valence-corrected chi connectivity index (χ3v) is 3.68. The highest BCUT2D eigenvalue weighted by Crippen LogP contribution is 2.30. The van der Waals surface area contributed by atoms with Gasteiger partial charge in [0.15, 0.2) is 0 Å². The van der Waals surface area contributed by atoms with Crippen LogP contribution in [0.2, 0.25) is 10.0 Å². The second-order valence-electron chi connectivity index (χ2n) is 3.16. The smallest absolute Gasteiger partial charge is 0.0661 e. The SMILES string of the molecule is N[C@H](c1cccs1)c1cc(Cl)ccc1Cl. The Labute approximate surface area is 102 Å². The number of halogens is 2. The Morgan fingerprint density at radius 2 is 2.00 bits per heavy atom. The normalized spacial score (nSPS) is 12.7. The lowest BCUT2D eigenvalue weighted by molar-refractivity contribution is 0.894. The van der Waals surface area contributed by atoms with Crippen molar-refractivity contribution < 1.29 is 0 Å². The zero-order valence-electron chi connectivity index (χ0n) is 7.78. The highest BCUT2D eigenvalue weighted by atomic mass is 35.5. The Balaban J connectivity index is 2.41. The van der Waals surface area contributed by atoms with Gasteiger partial charge in [0, 0.05) is 14.9 Å². The molecular formula is C11H9Cl2NS. The van der Waals surface area contributed by atoms with Crippen molar-refractivity contribution in [2.45, 2.75) is 6.04 Å². The molecule has 0 unspecified atom stereocenters. The molecule has 0 spiro atoms. The van der Waals surface area contributed by atoms with Crippen LogP contribution < -0.4 is 5.73 Å². The second kappa shape index (κ2) is 4.54. The minimum atomic E-state index is -0.198. The molecule has 0 aliphatic carbocycles. The lowest BCUT2D eigenvalue weighted by atomic mass is 10.1. The number of benzene rings is 1. The van der Waals surface area contributed by atoms with Gasteiger partial charge in [0.2, 0.25) is 0 Å². The van der Waals surface area contributed by atoms with E-state index in [2.05, 4.69) is 0 Å². The van der Waals surface area contributed by atoms with E-state index in [1.54, 1.807) is 23.5 Å². The van der Waals surface area contributed by atoms with Crippen LogP contribution in [-0.2, 0) is 0 Å². The highest BCUT2D eigenvalue weighted by Gasteiger charge is 2.13. The average Bonchev–Trinajstić information content (AvgIpc) is 2.74. The van der Waals surface area contributed by atoms with Crippen molar-refractivity contribution in [2.75, 3.05) is 0 Å². The maximum atomic E-state index is 6.10. The van der Waals surface area contributed by atoms with Gasteiger partial charge in [0.05, 0.1) is 6.04 Å². The van der Waals surface area contributed by atoms with Gasteiger partial charge in [-0.1, -0.05) is 29.3 Å². The van der Waals surface area contributed by atoms with Crippen LogP contribution in [0.25, 0.3) is 0 Å². The number of hydrogen-bond donors (Lipinski definition) is 1. The van der Waals surface area contributed by atoms with Crippen LogP contribution >= 0.6 is 34.5 Å². The third kappa shape index (κ3) is 2.34. The fourth-order valence-electron chi connectivity index (χ4n) is 1.37. The van der Waals surface area contributed by atoms with E-state index in [0.717, 1.165) is 10.4 Å². The average molecular weight is 258 g/mol. The summed E-state index contributed by atoms with van der Waals surface area (Å²) in [6.07, 6.45) is 0. The van der Waals surface area contributed by atoms with Crippen molar-refractivity contribution in [3.63, 3.8) is 0 Å². The summed E-state index contributed by atoms with van der Waals surface area (Å²) in [7, 11) is 0. The molecule has 0 radical (unpaired) electrons. The van der Waals surface area contributed by atoms with Crippen molar-refractivity contribution in [3.8, 4) is 0 Å². The number of thiophene rings is 1. The summed E-state index contributed by atoms with van der Waals surface area (Å²) in [5.74, 6) is 0. The van der Waals surface area contributed by atoms with Crippen molar-refractivity contribution in [3.05, 3.63) is 56.2 Å². The summed E-state index contributed by atoms with van der Waals surface area (Å²) in [5, 5.41) is 3.30. The monoisotopic (exact) mass is 257 g/mol. The Morgan fingerprint density at radius 1 is 1.20 bits per heavy atom. The molecule has 1 aromatic heterocycles. The summed E-state index contributed by atoms with van der Waals surface area (Å²) in [6, 6.07) is 9.11. The molecule has 0 amide bonds. The molecule has 15 heavy (non-hydrogen) atoms. The van der Waals surface area contributed by atoms with Gasteiger partial charge in [-0.25, -0.2) is 0 Å². The summed E-state index contributed by atoms with van der Waals surface area (Å²) in [4.78, 5) is 1.08. The first kappa shape index (κ1) is 11.0. The summed E-state index contributed by atoms with van der Waals surface area (Å²) >= 11 is 13.6. The molecule has 2 N–H and O–H groups in total. The molecule has 1 aromatic carbocycles. The van der Waals surface area contributed by atoms with Crippen LogP contribution in [0.15, 0.2) is 35.7 Å². The van der Waals surface area contributed by atoms with Gasteiger partial charge in [0.1, 0.15) is 0 Å². The van der Waals surface area contributed by atoms with Gasteiger partial charge >= 0.3 is 0 Å². The largest absolute Gasteiger partial charge is 0.320 e. The lowest BCUT2D eigenvalue weighted by Gasteiger charge is -2.12. The van der Waals surface area contributed by atoms with Gasteiger partial charge in [-0.2, -0.15) is 0 Å². The molecule has 4 heteroatoms. The summed E-state index contributed by atoms with van der Waals surface area (Å²) < 4.78 is 0. The molecule has 0 fully saturated rings. The fourth-order valence-corrected chi connectivity index (χ4v) is 2.54. The molecule has 0 aliphatic rings. The molecule has 1 atom stereocenters. The van der Waals surface area contributed by atoms with Gasteiger partial charge in [-0.15, -0.1) is 11.3 Å². The minimum Gasteiger partial charge on any atom is -0.320 e. The van der Waals surface area contributed by atoms with Crippen LogP contribution in [0.1, 0.15) is 16.5 Å². The Morgan fingerprint density at radius 3 is 2.67 bits per heavy atom. The van der Waals surface area contributed by atoms with E-state index in [1.165, 1.54) is 0 Å². The number of hydrogen-bond acceptors (Lipinski definition) is 2. The van der Waals surface area contributed by atoms with Gasteiger partial charge < -0.3 is 5.73 Å². The minimum absolute atomic E-state index is 0.198. The molecular weight excluding hydrogens is 249 g/mol. The zero-order valence-corrected chi connectivity index (χ0v) is 10.1. The predicted molar refractivity (Wildman–Crippen MR) is 66.8 cm³/mol. The topological polar surface area (TPSA) is 26.0 Å². The van der Waals surface area contributed by atoms with Crippen molar-refractivity contribution in [1.82, 2.24) is 0 Å². The molecule has 1 heterocycles. The van der Waals surface area contributed by atoms with E-state index in [0.29, 0.717) is 10.0 Å². The van der Waals surface area contributed by atoms with Crippen LogP contribution in [0.5, 0.6) is 0 Å². The highest BCUT2D eigenvalue weighted by molar-refractivity contribution is 7.10. The van der Waals surface area contributed by atoms with Crippen molar-refractivity contribution in [1.29, 1.82) is 0 Å². The van der Waals surface area contributed by atoms with E-state index >= 15 is 0 Å². The first-order valence-corrected chi connectivity index (χ1v) is 6.06. The van der Waals surface area contributed by atoms with Crippen molar-refractivity contribution in [2.24, 2.45) is 5.73 Å². The molecule has 0 saturated heterocycles. The van der Waals surface area contributed by atoms with Gasteiger partial charge in [-0.05, 0) is 35.2 Å². The van der Waals surface area contributed by atoms with Gasteiger partial charge in [-0.3, -0.25) is 0 Å². The summed E-state index contributed by atoms with van der Waals surface area (Å²) in [5.41, 5.74) is 6.97. The Kier molecular flexibility index (Phi) is 3.32. The number of nitrogens with two attached hydrogens (primary N) is 1. The first-order chi connectivity index (χ1) is 7.18.